The molecule has 1 aromatic carbocycles. The van der Waals surface area contributed by atoms with Crippen LogP contribution < -0.4 is 5.32 Å². The van der Waals surface area contributed by atoms with Gasteiger partial charge in [0, 0.05) is 19.2 Å². The molecule has 0 aliphatic rings. The highest BCUT2D eigenvalue weighted by Gasteiger charge is 2.11. The quantitative estimate of drug-likeness (QED) is 0.845. The Morgan fingerprint density at radius 2 is 1.95 bits per heavy atom. The number of nitrogens with zero attached hydrogens (tertiary/aromatic N) is 1. The van der Waals surface area contributed by atoms with Crippen LogP contribution in [0.3, 0.4) is 0 Å². The minimum Gasteiger partial charge on any atom is -0.352 e. The van der Waals surface area contributed by atoms with Crippen LogP contribution in [0.1, 0.15) is 19.4 Å². The summed E-state index contributed by atoms with van der Waals surface area (Å²) in [6.45, 7) is 3.75. The van der Waals surface area contributed by atoms with Crippen LogP contribution in [0.5, 0.6) is 0 Å². The summed E-state index contributed by atoms with van der Waals surface area (Å²) in [6, 6.07) is 5.13. The normalized spacial score (nSPS) is 11.0. The van der Waals surface area contributed by atoms with Gasteiger partial charge in [-0.3, -0.25) is 9.59 Å². The molecule has 0 aliphatic carbocycles. The Morgan fingerprint density at radius 3 is 2.52 bits per heavy atom. The first-order valence-electron chi connectivity index (χ1n) is 6.47. The molecule has 114 valence electrons. The van der Waals surface area contributed by atoms with E-state index in [1.807, 2.05) is 13.8 Å². The van der Waals surface area contributed by atoms with Crippen LogP contribution in [0, 0.1) is 0 Å². The smallest absolute Gasteiger partial charge is 0.246 e. The van der Waals surface area contributed by atoms with Crippen molar-refractivity contribution in [1.82, 2.24) is 10.2 Å². The number of carbonyl (C=O) groups is 2. The lowest BCUT2D eigenvalue weighted by Crippen LogP contribution is -2.40. The Hall–Kier alpha value is -1.52. The van der Waals surface area contributed by atoms with Crippen LogP contribution in [-0.2, 0) is 9.59 Å². The highest BCUT2D eigenvalue weighted by molar-refractivity contribution is 6.42. The zero-order valence-corrected chi connectivity index (χ0v) is 13.7. The lowest BCUT2D eigenvalue weighted by atomic mass is 10.2. The standard InChI is InChI=1S/C15H18Cl2N2O2/c1-10(2)18-14(20)9-19(3)15(21)7-5-11-4-6-12(16)13(17)8-11/h4-8,10H,9H2,1-3H3,(H,18,20)/b7-5+. The zero-order valence-electron chi connectivity index (χ0n) is 12.2. The first kappa shape index (κ1) is 17.5. The number of rotatable bonds is 5. The molecule has 1 N–H and O–H groups in total. The number of hydrogen-bond donors (Lipinski definition) is 1. The van der Waals surface area contributed by atoms with Crippen molar-refractivity contribution in [3.63, 3.8) is 0 Å². The van der Waals surface area contributed by atoms with Crippen molar-refractivity contribution >= 4 is 41.1 Å². The Bertz CT molecular complexity index is 557. The predicted octanol–water partition coefficient (Wildman–Crippen LogP) is 2.99. The van der Waals surface area contributed by atoms with Crippen LogP contribution in [0.25, 0.3) is 6.08 Å². The van der Waals surface area contributed by atoms with Crippen molar-refractivity contribution in [3.8, 4) is 0 Å². The van der Waals surface area contributed by atoms with Crippen LogP contribution in [0.2, 0.25) is 10.0 Å². The topological polar surface area (TPSA) is 49.4 Å². The van der Waals surface area contributed by atoms with E-state index in [2.05, 4.69) is 5.32 Å². The summed E-state index contributed by atoms with van der Waals surface area (Å²) in [5.41, 5.74) is 0.762. The summed E-state index contributed by atoms with van der Waals surface area (Å²) in [7, 11) is 1.57. The Balaban J connectivity index is 2.60. The van der Waals surface area contributed by atoms with Crippen LogP contribution in [0.15, 0.2) is 24.3 Å². The van der Waals surface area contributed by atoms with E-state index in [9.17, 15) is 9.59 Å². The van der Waals surface area contributed by atoms with Gasteiger partial charge in [-0.2, -0.15) is 0 Å². The van der Waals surface area contributed by atoms with Gasteiger partial charge in [0.05, 0.1) is 16.6 Å². The highest BCUT2D eigenvalue weighted by Crippen LogP contribution is 2.23. The number of benzene rings is 1. The van der Waals surface area contributed by atoms with E-state index in [0.717, 1.165) is 5.56 Å². The van der Waals surface area contributed by atoms with Crippen LogP contribution in [-0.4, -0.2) is 36.3 Å². The summed E-state index contributed by atoms with van der Waals surface area (Å²) >= 11 is 11.7. The molecule has 0 fully saturated rings. The second-order valence-electron chi connectivity index (χ2n) is 4.92. The van der Waals surface area contributed by atoms with Gasteiger partial charge in [-0.1, -0.05) is 29.3 Å². The Morgan fingerprint density at radius 1 is 1.29 bits per heavy atom. The predicted molar refractivity (Wildman–Crippen MR) is 86.4 cm³/mol. The minimum absolute atomic E-state index is 0.0166. The third-order valence-corrected chi connectivity index (χ3v) is 3.31. The maximum Gasteiger partial charge on any atom is 0.246 e. The molecule has 21 heavy (non-hydrogen) atoms. The summed E-state index contributed by atoms with van der Waals surface area (Å²) in [5, 5.41) is 3.61. The molecule has 0 heterocycles. The van der Waals surface area contributed by atoms with Gasteiger partial charge in [0.15, 0.2) is 0 Å². The largest absolute Gasteiger partial charge is 0.352 e. The van der Waals surface area contributed by atoms with Gasteiger partial charge < -0.3 is 10.2 Å². The maximum atomic E-state index is 11.9. The molecular weight excluding hydrogens is 311 g/mol. The monoisotopic (exact) mass is 328 g/mol. The molecule has 0 unspecified atom stereocenters. The molecule has 0 saturated carbocycles. The summed E-state index contributed by atoms with van der Waals surface area (Å²) in [5.74, 6) is -0.455. The molecule has 1 aromatic rings. The van der Waals surface area contributed by atoms with E-state index in [1.54, 1.807) is 31.3 Å². The van der Waals surface area contributed by atoms with Crippen molar-refractivity contribution < 1.29 is 9.59 Å². The molecule has 0 atom stereocenters. The van der Waals surface area contributed by atoms with Crippen molar-refractivity contribution in [2.24, 2.45) is 0 Å². The maximum absolute atomic E-state index is 11.9. The first-order valence-corrected chi connectivity index (χ1v) is 7.22. The van der Waals surface area contributed by atoms with Crippen molar-refractivity contribution in [2.45, 2.75) is 19.9 Å². The fourth-order valence-electron chi connectivity index (χ4n) is 1.57. The van der Waals surface area contributed by atoms with E-state index in [1.165, 1.54) is 11.0 Å². The Labute approximate surface area is 134 Å². The summed E-state index contributed by atoms with van der Waals surface area (Å²) in [4.78, 5) is 24.8. The van der Waals surface area contributed by atoms with E-state index in [0.29, 0.717) is 10.0 Å². The number of halogens is 2. The van der Waals surface area contributed by atoms with Gasteiger partial charge in [0.25, 0.3) is 0 Å². The fraction of sp³-hybridized carbons (Fsp3) is 0.333. The van der Waals surface area contributed by atoms with E-state index in [4.69, 9.17) is 23.2 Å². The average Bonchev–Trinajstić information content (AvgIpc) is 2.38. The van der Waals surface area contributed by atoms with E-state index in [-0.39, 0.29) is 24.4 Å². The van der Waals surface area contributed by atoms with Crippen LogP contribution >= 0.6 is 23.2 Å². The van der Waals surface area contributed by atoms with Gasteiger partial charge in [0.1, 0.15) is 0 Å². The van der Waals surface area contributed by atoms with Crippen molar-refractivity contribution in [3.05, 3.63) is 39.9 Å². The van der Waals surface area contributed by atoms with E-state index >= 15 is 0 Å². The van der Waals surface area contributed by atoms with Crippen LogP contribution in [0.4, 0.5) is 0 Å². The number of carbonyl (C=O) groups excluding carboxylic acids is 2. The summed E-state index contributed by atoms with van der Waals surface area (Å²) in [6.07, 6.45) is 3.02. The third kappa shape index (κ3) is 6.19. The second-order valence-corrected chi connectivity index (χ2v) is 5.74. The van der Waals surface area contributed by atoms with Crippen molar-refractivity contribution in [2.75, 3.05) is 13.6 Å². The van der Waals surface area contributed by atoms with Gasteiger partial charge in [-0.25, -0.2) is 0 Å². The summed E-state index contributed by atoms with van der Waals surface area (Å²) < 4.78 is 0. The molecule has 0 saturated heterocycles. The SMILES string of the molecule is CC(C)NC(=O)CN(C)C(=O)/C=C/c1ccc(Cl)c(Cl)c1. The Kier molecular flexibility index (Phi) is 6.72. The number of hydrogen-bond acceptors (Lipinski definition) is 2. The number of likely N-dealkylation sites (N-methyl/N-ethyl adjacent to an activating group) is 1. The number of amides is 2. The molecule has 0 aliphatic heterocycles. The average molecular weight is 329 g/mol. The molecule has 6 heteroatoms. The molecule has 0 bridgehead atoms. The molecule has 1 rings (SSSR count). The van der Waals surface area contributed by atoms with Gasteiger partial charge in [0.2, 0.25) is 11.8 Å². The molecule has 0 spiro atoms. The van der Waals surface area contributed by atoms with Gasteiger partial charge in [-0.15, -0.1) is 0 Å². The van der Waals surface area contributed by atoms with Gasteiger partial charge >= 0.3 is 0 Å². The molecule has 2 amide bonds. The first-order chi connectivity index (χ1) is 9.79. The molecule has 4 nitrogen and oxygen atoms in total. The lowest BCUT2D eigenvalue weighted by molar-refractivity contribution is -0.131. The molecular formula is C15H18Cl2N2O2. The molecule has 0 aromatic heterocycles. The minimum atomic E-state index is -0.264. The molecule has 0 radical (unpaired) electrons. The highest BCUT2D eigenvalue weighted by atomic mass is 35.5. The lowest BCUT2D eigenvalue weighted by Gasteiger charge is -2.16. The fourth-order valence-corrected chi connectivity index (χ4v) is 1.88. The number of nitrogens with one attached hydrogen (secondary N) is 1. The third-order valence-electron chi connectivity index (χ3n) is 2.57. The second kappa shape index (κ2) is 8.05. The van der Waals surface area contributed by atoms with E-state index < -0.39 is 0 Å². The zero-order chi connectivity index (χ0) is 16.0. The van der Waals surface area contributed by atoms with Crippen molar-refractivity contribution in [1.29, 1.82) is 0 Å². The van der Waals surface area contributed by atoms with Gasteiger partial charge in [-0.05, 0) is 37.6 Å².